The number of sulfone groups is 1. The van der Waals surface area contributed by atoms with Crippen LogP contribution in [0.15, 0.2) is 60.0 Å². The molecule has 4 aromatic rings. The molecule has 5 rings (SSSR count). The summed E-state index contributed by atoms with van der Waals surface area (Å²) >= 11 is 0. The molecule has 1 aromatic carbocycles. The van der Waals surface area contributed by atoms with Gasteiger partial charge in [-0.3, -0.25) is 4.68 Å². The number of aromatic nitrogens is 5. The molecule has 0 N–H and O–H groups in total. The predicted octanol–water partition coefficient (Wildman–Crippen LogP) is 4.38. The lowest BCUT2D eigenvalue weighted by molar-refractivity contribution is 0.373. The predicted molar refractivity (Wildman–Crippen MR) is 134 cm³/mol. The first-order chi connectivity index (χ1) is 16.8. The van der Waals surface area contributed by atoms with E-state index >= 15 is 0 Å². The Hall–Kier alpha value is -3.53. The van der Waals surface area contributed by atoms with E-state index in [2.05, 4.69) is 38.8 Å². The second kappa shape index (κ2) is 9.26. The molecule has 0 spiro atoms. The van der Waals surface area contributed by atoms with Gasteiger partial charge in [0.05, 0.1) is 28.8 Å². The van der Waals surface area contributed by atoms with Crippen molar-refractivity contribution >= 4 is 26.7 Å². The molecular weight excluding hydrogens is 464 g/mol. The van der Waals surface area contributed by atoms with Gasteiger partial charge in [0.1, 0.15) is 5.75 Å². The second-order valence-corrected chi connectivity index (χ2v) is 11.2. The summed E-state index contributed by atoms with van der Waals surface area (Å²) in [6, 6.07) is 8.42. The highest BCUT2D eigenvalue weighted by molar-refractivity contribution is 7.90. The molecule has 0 bridgehead atoms. The summed E-state index contributed by atoms with van der Waals surface area (Å²) in [5, 5.41) is 5.58. The molecular formula is C25H28N6O3S. The molecule has 0 saturated carbocycles. The molecule has 182 valence electrons. The molecule has 1 fully saturated rings. The van der Waals surface area contributed by atoms with E-state index in [1.54, 1.807) is 18.3 Å². The van der Waals surface area contributed by atoms with Crippen molar-refractivity contribution in [2.24, 2.45) is 0 Å². The van der Waals surface area contributed by atoms with Gasteiger partial charge in [0, 0.05) is 43.2 Å². The Bertz CT molecular complexity index is 1420. The first kappa shape index (κ1) is 23.2. The first-order valence-electron chi connectivity index (χ1n) is 11.7. The van der Waals surface area contributed by atoms with Crippen molar-refractivity contribution in [2.75, 3.05) is 24.2 Å². The molecule has 0 atom stereocenters. The van der Waals surface area contributed by atoms with Crippen LogP contribution in [-0.2, 0) is 9.84 Å². The van der Waals surface area contributed by atoms with E-state index in [-0.39, 0.29) is 10.9 Å². The summed E-state index contributed by atoms with van der Waals surface area (Å²) in [6.45, 7) is 6.01. The normalized spacial score (nSPS) is 15.1. The lowest BCUT2D eigenvalue weighted by Crippen LogP contribution is -2.36. The van der Waals surface area contributed by atoms with Gasteiger partial charge in [0.25, 0.3) is 0 Å². The third-order valence-corrected chi connectivity index (χ3v) is 7.48. The zero-order valence-corrected chi connectivity index (χ0v) is 20.8. The van der Waals surface area contributed by atoms with E-state index in [1.165, 1.54) is 18.4 Å². The topological polar surface area (TPSA) is 103 Å². The average molecular weight is 493 g/mol. The smallest absolute Gasteiger partial charge is 0.225 e. The van der Waals surface area contributed by atoms with Gasteiger partial charge in [-0.25, -0.2) is 23.4 Å². The Morgan fingerprint density at radius 1 is 0.971 bits per heavy atom. The quantitative estimate of drug-likeness (QED) is 0.391. The third kappa shape index (κ3) is 4.97. The highest BCUT2D eigenvalue weighted by Gasteiger charge is 2.24. The Morgan fingerprint density at radius 3 is 2.29 bits per heavy atom. The average Bonchev–Trinajstić information content (AvgIpc) is 3.27. The summed E-state index contributed by atoms with van der Waals surface area (Å²) in [4.78, 5) is 16.1. The summed E-state index contributed by atoms with van der Waals surface area (Å²) in [5.41, 5.74) is 2.11. The van der Waals surface area contributed by atoms with Crippen molar-refractivity contribution in [3.05, 3.63) is 60.7 Å². The van der Waals surface area contributed by atoms with Crippen LogP contribution in [0.5, 0.6) is 11.6 Å². The highest BCUT2D eigenvalue weighted by Crippen LogP contribution is 2.30. The largest absolute Gasteiger partial charge is 0.439 e. The minimum absolute atomic E-state index is 0.250. The summed E-state index contributed by atoms with van der Waals surface area (Å²) in [5.74, 6) is 2.16. The van der Waals surface area contributed by atoms with Gasteiger partial charge in [0.15, 0.2) is 9.84 Å². The molecule has 1 aliphatic heterocycles. The molecule has 0 unspecified atom stereocenters. The number of piperidine rings is 1. The fraction of sp³-hybridized carbons (Fsp3) is 0.360. The molecule has 3 aromatic heterocycles. The molecule has 0 aliphatic carbocycles. The first-order valence-corrected chi connectivity index (χ1v) is 13.6. The van der Waals surface area contributed by atoms with Crippen molar-refractivity contribution in [3.8, 4) is 11.6 Å². The number of benzene rings is 1. The van der Waals surface area contributed by atoms with Crippen molar-refractivity contribution in [1.29, 1.82) is 0 Å². The molecule has 10 heteroatoms. The van der Waals surface area contributed by atoms with Gasteiger partial charge >= 0.3 is 0 Å². The highest BCUT2D eigenvalue weighted by atomic mass is 32.2. The molecule has 0 radical (unpaired) electrons. The van der Waals surface area contributed by atoms with E-state index in [4.69, 9.17) is 4.74 Å². The number of hydrogen-bond acceptors (Lipinski definition) is 8. The van der Waals surface area contributed by atoms with Crippen LogP contribution in [0.1, 0.15) is 44.2 Å². The molecule has 1 aliphatic rings. The van der Waals surface area contributed by atoms with E-state index < -0.39 is 9.84 Å². The van der Waals surface area contributed by atoms with Crippen LogP contribution < -0.4 is 9.64 Å². The van der Waals surface area contributed by atoms with Gasteiger partial charge < -0.3 is 9.64 Å². The fourth-order valence-electron chi connectivity index (χ4n) is 4.25. The van der Waals surface area contributed by atoms with Crippen LogP contribution >= 0.6 is 0 Å². The Morgan fingerprint density at radius 2 is 1.66 bits per heavy atom. The van der Waals surface area contributed by atoms with Crippen LogP contribution in [0.25, 0.3) is 10.9 Å². The van der Waals surface area contributed by atoms with Crippen LogP contribution in [0.2, 0.25) is 0 Å². The number of pyridine rings is 1. The standard InChI is InChI=1S/C25H28N6O3S/c1-17(2)19-13-27-25(28-14-19)30-10-8-20(9-11-30)31-23-16-26-24(12-18(23)15-29-31)34-21-4-6-22(7-5-21)35(3,32)33/h4-7,12-17,20H,8-11H2,1-3H3. The van der Waals surface area contributed by atoms with Crippen LogP contribution in [0.3, 0.4) is 0 Å². The number of fused-ring (bicyclic) bond motifs is 1. The lowest BCUT2D eigenvalue weighted by atomic mass is 10.1. The van der Waals surface area contributed by atoms with E-state index in [0.29, 0.717) is 17.5 Å². The summed E-state index contributed by atoms with van der Waals surface area (Å²) in [7, 11) is -3.25. The van der Waals surface area contributed by atoms with Crippen molar-refractivity contribution in [1.82, 2.24) is 24.7 Å². The van der Waals surface area contributed by atoms with Gasteiger partial charge in [0.2, 0.25) is 11.8 Å². The van der Waals surface area contributed by atoms with Crippen molar-refractivity contribution in [2.45, 2.75) is 43.5 Å². The van der Waals surface area contributed by atoms with Crippen molar-refractivity contribution < 1.29 is 13.2 Å². The van der Waals surface area contributed by atoms with Crippen LogP contribution in [0, 0.1) is 0 Å². The zero-order chi connectivity index (χ0) is 24.6. The SMILES string of the molecule is CC(C)c1cnc(N2CCC(n3ncc4cc(Oc5ccc(S(C)(=O)=O)cc5)ncc43)CC2)nc1. The molecule has 9 nitrogen and oxygen atoms in total. The van der Waals surface area contributed by atoms with E-state index in [0.717, 1.165) is 48.3 Å². The Balaban J connectivity index is 1.26. The molecule has 0 amide bonds. The molecule has 4 heterocycles. The number of hydrogen-bond donors (Lipinski definition) is 0. The van der Waals surface area contributed by atoms with Crippen LogP contribution in [-0.4, -0.2) is 52.5 Å². The van der Waals surface area contributed by atoms with Gasteiger partial charge in [-0.15, -0.1) is 0 Å². The second-order valence-electron chi connectivity index (χ2n) is 9.21. The summed E-state index contributed by atoms with van der Waals surface area (Å²) < 4.78 is 31.2. The zero-order valence-electron chi connectivity index (χ0n) is 20.0. The summed E-state index contributed by atoms with van der Waals surface area (Å²) in [6.07, 6.45) is 10.5. The van der Waals surface area contributed by atoms with Gasteiger partial charge in [-0.2, -0.15) is 5.10 Å². The monoisotopic (exact) mass is 492 g/mol. The Labute approximate surface area is 204 Å². The van der Waals surface area contributed by atoms with Crippen molar-refractivity contribution in [3.63, 3.8) is 0 Å². The maximum absolute atomic E-state index is 11.6. The van der Waals surface area contributed by atoms with Gasteiger partial charge in [-0.1, -0.05) is 13.8 Å². The maximum atomic E-state index is 11.6. The lowest BCUT2D eigenvalue weighted by Gasteiger charge is -2.32. The fourth-order valence-corrected chi connectivity index (χ4v) is 4.88. The van der Waals surface area contributed by atoms with E-state index in [9.17, 15) is 8.42 Å². The number of rotatable bonds is 6. The molecule has 35 heavy (non-hydrogen) atoms. The molecule has 1 saturated heterocycles. The third-order valence-electron chi connectivity index (χ3n) is 6.35. The minimum atomic E-state index is -3.25. The number of anilines is 1. The maximum Gasteiger partial charge on any atom is 0.225 e. The number of nitrogens with zero attached hydrogens (tertiary/aromatic N) is 6. The Kier molecular flexibility index (Phi) is 6.14. The number of ether oxygens (including phenoxy) is 1. The minimum Gasteiger partial charge on any atom is -0.439 e. The van der Waals surface area contributed by atoms with E-state index in [1.807, 2.05) is 29.3 Å². The van der Waals surface area contributed by atoms with Gasteiger partial charge in [-0.05, 0) is 48.6 Å². The van der Waals surface area contributed by atoms with Crippen LogP contribution in [0.4, 0.5) is 5.95 Å².